The Hall–Kier alpha value is -2.77. The molecule has 2 aliphatic heterocycles. The van der Waals surface area contributed by atoms with Gasteiger partial charge in [-0.15, -0.1) is 0 Å². The number of piperazine rings is 1. The van der Waals surface area contributed by atoms with E-state index in [2.05, 4.69) is 52.8 Å². The SMILES string of the molecule is COC(=O)CC[C@H]1CN(Cc2cc(C)c(OC)cc2C)CC[C@H]1N1CCN(c2ccccc2OC)CC1. The number of carbonyl (C=O) groups is 1. The van der Waals surface area contributed by atoms with Gasteiger partial charge in [-0.1, -0.05) is 18.2 Å². The van der Waals surface area contributed by atoms with E-state index in [9.17, 15) is 4.79 Å². The van der Waals surface area contributed by atoms with E-state index in [0.29, 0.717) is 18.4 Å². The highest BCUT2D eigenvalue weighted by atomic mass is 16.5. The summed E-state index contributed by atoms with van der Waals surface area (Å²) in [6, 6.07) is 13.2. The topological polar surface area (TPSA) is 54.5 Å². The van der Waals surface area contributed by atoms with E-state index < -0.39 is 0 Å². The van der Waals surface area contributed by atoms with E-state index in [1.807, 2.05) is 12.1 Å². The number of esters is 1. The molecule has 2 aromatic rings. The summed E-state index contributed by atoms with van der Waals surface area (Å²) in [7, 11) is 4.96. The van der Waals surface area contributed by atoms with Crippen LogP contribution in [0.15, 0.2) is 36.4 Å². The van der Waals surface area contributed by atoms with Gasteiger partial charge >= 0.3 is 5.97 Å². The summed E-state index contributed by atoms with van der Waals surface area (Å²) in [5.41, 5.74) is 4.97. The van der Waals surface area contributed by atoms with Crippen LogP contribution in [-0.2, 0) is 16.1 Å². The van der Waals surface area contributed by atoms with Gasteiger partial charge in [0.15, 0.2) is 0 Å². The molecule has 0 bridgehead atoms. The molecule has 2 fully saturated rings. The van der Waals surface area contributed by atoms with Gasteiger partial charge in [-0.05, 0) is 74.0 Å². The van der Waals surface area contributed by atoms with Crippen LogP contribution in [0, 0.1) is 19.8 Å². The molecule has 0 unspecified atom stereocenters. The van der Waals surface area contributed by atoms with Crippen molar-refractivity contribution in [2.24, 2.45) is 5.92 Å². The number of hydrogen-bond donors (Lipinski definition) is 0. The Balaban J connectivity index is 1.42. The molecule has 2 aromatic carbocycles. The molecule has 0 radical (unpaired) electrons. The normalized spacial score (nSPS) is 21.1. The standard InChI is InChI=1S/C30H43N3O4/c1-22-19-29(36-4)23(2)18-25(22)21-31-13-12-26(24(20-31)10-11-30(34)37-5)32-14-16-33(17-15-32)27-8-6-7-9-28(27)35-3/h6-9,18-19,24,26H,10-17,20-21H2,1-5H3/t24-,26+/m0/s1. The van der Waals surface area contributed by atoms with Crippen molar-refractivity contribution in [2.45, 2.75) is 45.7 Å². The highest BCUT2D eigenvalue weighted by Gasteiger charge is 2.35. The minimum atomic E-state index is -0.113. The van der Waals surface area contributed by atoms with Gasteiger partial charge < -0.3 is 19.1 Å². The van der Waals surface area contributed by atoms with Gasteiger partial charge in [-0.3, -0.25) is 14.6 Å². The first kappa shape index (κ1) is 27.3. The second kappa shape index (κ2) is 12.7. The van der Waals surface area contributed by atoms with Gasteiger partial charge in [0.1, 0.15) is 11.5 Å². The predicted molar refractivity (Wildman–Crippen MR) is 148 cm³/mol. The van der Waals surface area contributed by atoms with Crippen molar-refractivity contribution < 1.29 is 19.0 Å². The van der Waals surface area contributed by atoms with Crippen LogP contribution in [0.5, 0.6) is 11.5 Å². The van der Waals surface area contributed by atoms with Gasteiger partial charge in [0, 0.05) is 51.7 Å². The van der Waals surface area contributed by atoms with E-state index in [-0.39, 0.29) is 5.97 Å². The monoisotopic (exact) mass is 509 g/mol. The molecule has 0 saturated carbocycles. The van der Waals surface area contributed by atoms with Crippen molar-refractivity contribution >= 4 is 11.7 Å². The number of aryl methyl sites for hydroxylation is 2. The van der Waals surface area contributed by atoms with Crippen LogP contribution in [0.25, 0.3) is 0 Å². The molecule has 0 aromatic heterocycles. The highest BCUT2D eigenvalue weighted by molar-refractivity contribution is 5.69. The van der Waals surface area contributed by atoms with Gasteiger partial charge in [0.25, 0.3) is 0 Å². The number of benzene rings is 2. The molecular formula is C30H43N3O4. The molecule has 0 amide bonds. The Morgan fingerprint density at radius 3 is 2.35 bits per heavy atom. The number of likely N-dealkylation sites (tertiary alicyclic amines) is 1. The zero-order chi connectivity index (χ0) is 26.4. The minimum Gasteiger partial charge on any atom is -0.496 e. The molecule has 0 aliphatic carbocycles. The summed E-state index contributed by atoms with van der Waals surface area (Å²) in [6.45, 7) is 11.3. The number of piperidine rings is 1. The smallest absolute Gasteiger partial charge is 0.305 e. The van der Waals surface area contributed by atoms with Crippen molar-refractivity contribution in [3.8, 4) is 11.5 Å². The molecule has 202 valence electrons. The lowest BCUT2D eigenvalue weighted by molar-refractivity contribution is -0.141. The molecule has 0 N–H and O–H groups in total. The number of ether oxygens (including phenoxy) is 3. The van der Waals surface area contributed by atoms with Crippen LogP contribution in [0.1, 0.15) is 36.0 Å². The fourth-order valence-corrected chi connectivity index (χ4v) is 6.07. The van der Waals surface area contributed by atoms with Gasteiger partial charge in [-0.2, -0.15) is 0 Å². The van der Waals surface area contributed by atoms with Gasteiger partial charge in [0.2, 0.25) is 0 Å². The summed E-state index contributed by atoms with van der Waals surface area (Å²) in [4.78, 5) is 19.7. The molecule has 2 saturated heterocycles. The molecule has 2 aliphatic rings. The molecule has 0 spiro atoms. The summed E-state index contributed by atoms with van der Waals surface area (Å²) < 4.78 is 16.1. The third-order valence-corrected chi connectivity index (χ3v) is 8.18. The van der Waals surface area contributed by atoms with Crippen molar-refractivity contribution in [2.75, 3.05) is 65.5 Å². The van der Waals surface area contributed by atoms with Crippen LogP contribution in [0.2, 0.25) is 0 Å². The summed E-state index contributed by atoms with van der Waals surface area (Å²) >= 11 is 0. The molecule has 7 heteroatoms. The summed E-state index contributed by atoms with van der Waals surface area (Å²) in [5.74, 6) is 2.20. The molecular weight excluding hydrogens is 466 g/mol. The lowest BCUT2D eigenvalue weighted by Crippen LogP contribution is -2.56. The maximum absolute atomic E-state index is 12.0. The van der Waals surface area contributed by atoms with Crippen molar-refractivity contribution in [1.29, 1.82) is 0 Å². The van der Waals surface area contributed by atoms with Gasteiger partial charge in [-0.25, -0.2) is 0 Å². The van der Waals surface area contributed by atoms with Crippen LogP contribution in [0.3, 0.4) is 0 Å². The summed E-state index contributed by atoms with van der Waals surface area (Å²) in [5, 5.41) is 0. The van der Waals surface area contributed by atoms with Crippen molar-refractivity contribution in [3.63, 3.8) is 0 Å². The fraction of sp³-hybridized carbons (Fsp3) is 0.567. The van der Waals surface area contributed by atoms with Gasteiger partial charge in [0.05, 0.1) is 27.0 Å². The first-order valence-corrected chi connectivity index (χ1v) is 13.5. The summed E-state index contributed by atoms with van der Waals surface area (Å²) in [6.07, 6.45) is 2.46. The molecule has 2 atom stereocenters. The third-order valence-electron chi connectivity index (χ3n) is 8.18. The fourth-order valence-electron chi connectivity index (χ4n) is 6.07. The van der Waals surface area contributed by atoms with E-state index in [1.54, 1.807) is 14.2 Å². The van der Waals surface area contributed by atoms with Crippen LogP contribution >= 0.6 is 0 Å². The average molecular weight is 510 g/mol. The minimum absolute atomic E-state index is 0.113. The zero-order valence-electron chi connectivity index (χ0n) is 23.2. The molecule has 37 heavy (non-hydrogen) atoms. The highest BCUT2D eigenvalue weighted by Crippen LogP contribution is 2.32. The molecule has 2 heterocycles. The quantitative estimate of drug-likeness (QED) is 0.468. The van der Waals surface area contributed by atoms with Crippen LogP contribution < -0.4 is 14.4 Å². The largest absolute Gasteiger partial charge is 0.496 e. The number of anilines is 1. The van der Waals surface area contributed by atoms with E-state index in [1.165, 1.54) is 29.5 Å². The molecule has 4 rings (SSSR count). The van der Waals surface area contributed by atoms with E-state index >= 15 is 0 Å². The second-order valence-corrected chi connectivity index (χ2v) is 10.4. The average Bonchev–Trinajstić information content (AvgIpc) is 2.93. The van der Waals surface area contributed by atoms with Crippen molar-refractivity contribution in [1.82, 2.24) is 9.80 Å². The number of methoxy groups -OCH3 is 3. The number of rotatable bonds is 9. The lowest BCUT2D eigenvalue weighted by Gasteiger charge is -2.47. The van der Waals surface area contributed by atoms with E-state index in [0.717, 1.165) is 70.2 Å². The predicted octanol–water partition coefficient (Wildman–Crippen LogP) is 4.29. The lowest BCUT2D eigenvalue weighted by atomic mass is 9.86. The Kier molecular flexibility index (Phi) is 9.33. The van der Waals surface area contributed by atoms with Crippen LogP contribution in [0.4, 0.5) is 5.69 Å². The number of hydrogen-bond acceptors (Lipinski definition) is 7. The first-order chi connectivity index (χ1) is 17.9. The Labute approximate surface area is 222 Å². The number of nitrogens with zero attached hydrogens (tertiary/aromatic N) is 3. The molecule has 7 nitrogen and oxygen atoms in total. The van der Waals surface area contributed by atoms with E-state index in [4.69, 9.17) is 14.2 Å². The zero-order valence-corrected chi connectivity index (χ0v) is 23.2. The maximum atomic E-state index is 12.0. The Morgan fingerprint density at radius 2 is 1.65 bits per heavy atom. The number of carbonyl (C=O) groups excluding carboxylic acids is 1. The van der Waals surface area contributed by atoms with Crippen LogP contribution in [-0.4, -0.2) is 82.4 Å². The van der Waals surface area contributed by atoms with Crippen molar-refractivity contribution in [3.05, 3.63) is 53.1 Å². The Bertz CT molecular complexity index is 1050. The number of para-hydroxylation sites is 2. The maximum Gasteiger partial charge on any atom is 0.305 e. The Morgan fingerprint density at radius 1 is 0.919 bits per heavy atom. The second-order valence-electron chi connectivity index (χ2n) is 10.4. The first-order valence-electron chi connectivity index (χ1n) is 13.5. The third kappa shape index (κ3) is 6.57.